The average Bonchev–Trinajstić information content (AvgIpc) is 2.76. The Bertz CT molecular complexity index is 450. The molecule has 84 valence electrons. The standard InChI is InChI=1S/C10H14N6/c1-8-9(2)14-15-10(13-8)12-4-6-16-5-3-11-7-16/h3,5,7H,4,6H2,1-2H3,(H,12,13,15). The van der Waals surface area contributed by atoms with Gasteiger partial charge in [0.05, 0.1) is 17.7 Å². The van der Waals surface area contributed by atoms with Crippen LogP contribution in [0.4, 0.5) is 5.95 Å². The molecule has 0 saturated heterocycles. The van der Waals surface area contributed by atoms with Gasteiger partial charge in [0.2, 0.25) is 5.95 Å². The smallest absolute Gasteiger partial charge is 0.243 e. The maximum atomic E-state index is 4.28. The molecule has 0 unspecified atom stereocenters. The molecule has 0 radical (unpaired) electrons. The van der Waals surface area contributed by atoms with E-state index in [2.05, 4.69) is 25.5 Å². The molecule has 0 fully saturated rings. The van der Waals surface area contributed by atoms with Crippen molar-refractivity contribution < 1.29 is 0 Å². The fourth-order valence-electron chi connectivity index (χ4n) is 1.25. The molecule has 0 saturated carbocycles. The number of hydrogen-bond donors (Lipinski definition) is 1. The molecule has 0 aromatic carbocycles. The Balaban J connectivity index is 1.87. The predicted octanol–water partition coefficient (Wildman–Crippen LogP) is 0.797. The molecule has 0 bridgehead atoms. The lowest BCUT2D eigenvalue weighted by molar-refractivity contribution is 0.719. The second kappa shape index (κ2) is 4.69. The molecule has 6 nitrogen and oxygen atoms in total. The van der Waals surface area contributed by atoms with E-state index in [1.165, 1.54) is 0 Å². The van der Waals surface area contributed by atoms with Gasteiger partial charge in [-0.05, 0) is 13.8 Å². The first-order valence-electron chi connectivity index (χ1n) is 5.13. The molecule has 2 aromatic rings. The molecule has 2 rings (SSSR count). The number of nitrogens with one attached hydrogen (secondary N) is 1. The third-order valence-electron chi connectivity index (χ3n) is 2.30. The topological polar surface area (TPSA) is 68.5 Å². The number of aryl methyl sites for hydroxylation is 2. The third kappa shape index (κ3) is 2.53. The van der Waals surface area contributed by atoms with E-state index in [0.29, 0.717) is 5.95 Å². The Morgan fingerprint density at radius 1 is 1.25 bits per heavy atom. The zero-order chi connectivity index (χ0) is 11.4. The molecule has 2 aromatic heterocycles. The normalized spacial score (nSPS) is 10.4. The average molecular weight is 218 g/mol. The largest absolute Gasteiger partial charge is 0.351 e. The molecule has 16 heavy (non-hydrogen) atoms. The van der Waals surface area contributed by atoms with Gasteiger partial charge in [0.15, 0.2) is 0 Å². The number of imidazole rings is 1. The maximum Gasteiger partial charge on any atom is 0.243 e. The van der Waals surface area contributed by atoms with Crippen molar-refractivity contribution in [1.82, 2.24) is 24.7 Å². The van der Waals surface area contributed by atoms with Crippen LogP contribution in [0.5, 0.6) is 0 Å². The Morgan fingerprint density at radius 2 is 2.12 bits per heavy atom. The number of rotatable bonds is 4. The maximum absolute atomic E-state index is 4.28. The number of nitrogens with zero attached hydrogens (tertiary/aromatic N) is 5. The summed E-state index contributed by atoms with van der Waals surface area (Å²) >= 11 is 0. The van der Waals surface area contributed by atoms with Crippen molar-refractivity contribution in [2.24, 2.45) is 0 Å². The van der Waals surface area contributed by atoms with Crippen molar-refractivity contribution in [2.45, 2.75) is 20.4 Å². The van der Waals surface area contributed by atoms with Gasteiger partial charge < -0.3 is 9.88 Å². The molecule has 0 aliphatic heterocycles. The van der Waals surface area contributed by atoms with Crippen LogP contribution in [0, 0.1) is 13.8 Å². The summed E-state index contributed by atoms with van der Waals surface area (Å²) in [7, 11) is 0. The van der Waals surface area contributed by atoms with E-state index in [9.17, 15) is 0 Å². The summed E-state index contributed by atoms with van der Waals surface area (Å²) in [4.78, 5) is 8.25. The highest BCUT2D eigenvalue weighted by Crippen LogP contribution is 2.01. The summed E-state index contributed by atoms with van der Waals surface area (Å²) in [5.74, 6) is 0.572. The van der Waals surface area contributed by atoms with E-state index in [4.69, 9.17) is 0 Å². The number of anilines is 1. The second-order valence-corrected chi connectivity index (χ2v) is 3.53. The first-order chi connectivity index (χ1) is 7.75. The summed E-state index contributed by atoms with van der Waals surface area (Å²) in [5, 5.41) is 11.1. The van der Waals surface area contributed by atoms with Gasteiger partial charge in [0.25, 0.3) is 0 Å². The van der Waals surface area contributed by atoms with Gasteiger partial charge in [-0.25, -0.2) is 9.97 Å². The first kappa shape index (κ1) is 10.5. The van der Waals surface area contributed by atoms with Gasteiger partial charge >= 0.3 is 0 Å². The molecule has 1 N–H and O–H groups in total. The van der Waals surface area contributed by atoms with Gasteiger partial charge in [-0.1, -0.05) is 0 Å². The number of hydrogen-bond acceptors (Lipinski definition) is 5. The van der Waals surface area contributed by atoms with Gasteiger partial charge in [0.1, 0.15) is 0 Å². The minimum absolute atomic E-state index is 0.572. The number of aromatic nitrogens is 5. The molecule has 0 aliphatic carbocycles. The van der Waals surface area contributed by atoms with Crippen molar-refractivity contribution in [2.75, 3.05) is 11.9 Å². The summed E-state index contributed by atoms with van der Waals surface area (Å²) in [6.45, 7) is 5.40. The third-order valence-corrected chi connectivity index (χ3v) is 2.30. The van der Waals surface area contributed by atoms with E-state index < -0.39 is 0 Å². The van der Waals surface area contributed by atoms with Crippen LogP contribution < -0.4 is 5.32 Å². The molecule has 2 heterocycles. The van der Waals surface area contributed by atoms with Gasteiger partial charge in [0, 0.05) is 25.5 Å². The summed E-state index contributed by atoms with van der Waals surface area (Å²) in [6, 6.07) is 0. The zero-order valence-corrected chi connectivity index (χ0v) is 9.38. The highest BCUT2D eigenvalue weighted by Gasteiger charge is 2.00. The van der Waals surface area contributed by atoms with E-state index in [1.54, 1.807) is 12.5 Å². The van der Waals surface area contributed by atoms with Crippen molar-refractivity contribution in [3.8, 4) is 0 Å². The first-order valence-corrected chi connectivity index (χ1v) is 5.13. The van der Waals surface area contributed by atoms with Crippen LogP contribution in [0.3, 0.4) is 0 Å². The van der Waals surface area contributed by atoms with Gasteiger partial charge in [-0.15, -0.1) is 5.10 Å². The van der Waals surface area contributed by atoms with Gasteiger partial charge in [-0.3, -0.25) is 0 Å². The lowest BCUT2D eigenvalue weighted by atomic mass is 10.4. The van der Waals surface area contributed by atoms with Crippen molar-refractivity contribution in [1.29, 1.82) is 0 Å². The highest BCUT2D eigenvalue weighted by molar-refractivity contribution is 5.24. The monoisotopic (exact) mass is 218 g/mol. The molecule has 0 spiro atoms. The Hall–Kier alpha value is -1.98. The molecule has 0 atom stereocenters. The van der Waals surface area contributed by atoms with Crippen LogP contribution in [0.2, 0.25) is 0 Å². The highest BCUT2D eigenvalue weighted by atomic mass is 15.2. The fraction of sp³-hybridized carbons (Fsp3) is 0.400. The van der Waals surface area contributed by atoms with Crippen molar-refractivity contribution in [3.05, 3.63) is 30.1 Å². The Morgan fingerprint density at radius 3 is 2.81 bits per heavy atom. The lowest BCUT2D eigenvalue weighted by Gasteiger charge is -2.05. The van der Waals surface area contributed by atoms with Gasteiger partial charge in [-0.2, -0.15) is 5.10 Å². The quantitative estimate of drug-likeness (QED) is 0.822. The second-order valence-electron chi connectivity index (χ2n) is 3.53. The fourth-order valence-corrected chi connectivity index (χ4v) is 1.25. The van der Waals surface area contributed by atoms with E-state index in [1.807, 2.05) is 24.6 Å². The molecule has 6 heteroatoms. The lowest BCUT2D eigenvalue weighted by Crippen LogP contribution is -2.12. The molecular formula is C10H14N6. The minimum Gasteiger partial charge on any atom is -0.351 e. The zero-order valence-electron chi connectivity index (χ0n) is 9.38. The Labute approximate surface area is 93.8 Å². The van der Waals surface area contributed by atoms with Crippen LogP contribution in [-0.4, -0.2) is 31.3 Å². The van der Waals surface area contributed by atoms with Crippen LogP contribution in [0.1, 0.15) is 11.4 Å². The minimum atomic E-state index is 0.572. The molecule has 0 aliphatic rings. The SMILES string of the molecule is Cc1nnc(NCCn2ccnc2)nc1C. The molecule has 0 amide bonds. The van der Waals surface area contributed by atoms with E-state index in [-0.39, 0.29) is 0 Å². The van der Waals surface area contributed by atoms with Crippen LogP contribution in [0.25, 0.3) is 0 Å². The van der Waals surface area contributed by atoms with E-state index >= 15 is 0 Å². The van der Waals surface area contributed by atoms with Crippen LogP contribution in [-0.2, 0) is 6.54 Å². The summed E-state index contributed by atoms with van der Waals surface area (Å²) < 4.78 is 1.99. The van der Waals surface area contributed by atoms with Crippen LogP contribution >= 0.6 is 0 Å². The Kier molecular flexibility index (Phi) is 3.09. The van der Waals surface area contributed by atoms with Crippen LogP contribution in [0.15, 0.2) is 18.7 Å². The van der Waals surface area contributed by atoms with Crippen molar-refractivity contribution >= 4 is 5.95 Å². The predicted molar refractivity (Wildman–Crippen MR) is 60.0 cm³/mol. The molecular weight excluding hydrogens is 204 g/mol. The summed E-state index contributed by atoms with van der Waals surface area (Å²) in [6.07, 6.45) is 5.45. The van der Waals surface area contributed by atoms with E-state index in [0.717, 1.165) is 24.5 Å². The van der Waals surface area contributed by atoms with Crippen molar-refractivity contribution in [3.63, 3.8) is 0 Å². The summed E-state index contributed by atoms with van der Waals surface area (Å²) in [5.41, 5.74) is 1.76.